The molecular weight excluding hydrogens is 528 g/mol. The van der Waals surface area contributed by atoms with Gasteiger partial charge in [-0.2, -0.15) is 9.49 Å². The van der Waals surface area contributed by atoms with Crippen LogP contribution in [0.15, 0.2) is 51.7 Å². The van der Waals surface area contributed by atoms with Gasteiger partial charge in [-0.25, -0.2) is 9.37 Å². The SMILES string of the molecule is CCn1cc(Cc2oc(C)nc2-c2ccc(F)cc2C(C)O)cn1.O=[N+]([O-])c1ncc(Br)cc1F. The molecule has 1 N–H and O–H groups in total. The van der Waals surface area contributed by atoms with Crippen molar-refractivity contribution in [2.24, 2.45) is 0 Å². The molecule has 1 atom stereocenters. The van der Waals surface area contributed by atoms with E-state index in [1.165, 1.54) is 18.3 Å². The number of aromatic nitrogens is 4. The molecule has 0 aliphatic carbocycles. The topological polar surface area (TPSA) is 120 Å². The van der Waals surface area contributed by atoms with Gasteiger partial charge in [0.15, 0.2) is 12.1 Å². The highest BCUT2D eigenvalue weighted by molar-refractivity contribution is 9.10. The lowest BCUT2D eigenvalue weighted by molar-refractivity contribution is -0.392. The predicted molar refractivity (Wildman–Crippen MR) is 127 cm³/mol. The molecule has 184 valence electrons. The van der Waals surface area contributed by atoms with E-state index in [4.69, 9.17) is 4.42 Å². The maximum absolute atomic E-state index is 13.6. The third-order valence-electron chi connectivity index (χ3n) is 4.86. The van der Waals surface area contributed by atoms with Gasteiger partial charge in [-0.1, -0.05) is 0 Å². The lowest BCUT2D eigenvalue weighted by Gasteiger charge is -2.11. The molecule has 0 spiro atoms. The van der Waals surface area contributed by atoms with Gasteiger partial charge in [-0.15, -0.1) is 0 Å². The summed E-state index contributed by atoms with van der Waals surface area (Å²) in [4.78, 5) is 16.9. The third-order valence-corrected chi connectivity index (χ3v) is 5.29. The van der Waals surface area contributed by atoms with E-state index >= 15 is 0 Å². The van der Waals surface area contributed by atoms with Crippen molar-refractivity contribution >= 4 is 21.7 Å². The standard InChI is InChI=1S/C18H20FN3O2.C5H2BrFN2O2/c1-4-22-10-13(9-20-22)7-17-18(21-12(3)24-17)15-6-5-14(19)8-16(15)11(2)23;6-3-1-4(7)5(8-2-3)9(10)11/h5-6,8-11,23H,4,7H2,1-3H3;1-2H. The van der Waals surface area contributed by atoms with Crippen LogP contribution < -0.4 is 0 Å². The molecule has 1 unspecified atom stereocenters. The van der Waals surface area contributed by atoms with Gasteiger partial charge in [0, 0.05) is 37.7 Å². The average molecular weight is 550 g/mol. The smallest absolute Gasteiger partial charge is 0.399 e. The molecule has 0 fully saturated rings. The van der Waals surface area contributed by atoms with Crippen molar-refractivity contribution in [1.82, 2.24) is 19.7 Å². The number of hydrogen-bond acceptors (Lipinski definition) is 7. The van der Waals surface area contributed by atoms with Crippen LogP contribution >= 0.6 is 15.9 Å². The number of halogens is 3. The summed E-state index contributed by atoms with van der Waals surface area (Å²) < 4.78 is 34.1. The van der Waals surface area contributed by atoms with E-state index < -0.39 is 22.7 Å². The van der Waals surface area contributed by atoms with Gasteiger partial charge >= 0.3 is 5.82 Å². The summed E-state index contributed by atoms with van der Waals surface area (Å²) in [5.41, 5.74) is 2.82. The van der Waals surface area contributed by atoms with E-state index in [9.17, 15) is 24.0 Å². The fourth-order valence-corrected chi connectivity index (χ4v) is 3.60. The normalized spacial score (nSPS) is 11.6. The Balaban J connectivity index is 0.000000261. The fourth-order valence-electron chi connectivity index (χ4n) is 3.29. The van der Waals surface area contributed by atoms with E-state index in [1.54, 1.807) is 26.1 Å². The molecule has 3 aromatic heterocycles. The Morgan fingerprint density at radius 2 is 2.03 bits per heavy atom. The summed E-state index contributed by atoms with van der Waals surface area (Å²) in [6.45, 7) is 6.20. The Morgan fingerprint density at radius 1 is 1.29 bits per heavy atom. The average Bonchev–Trinajstić information content (AvgIpc) is 3.40. The molecule has 0 amide bonds. The van der Waals surface area contributed by atoms with E-state index in [0.29, 0.717) is 39.4 Å². The minimum Gasteiger partial charge on any atom is -0.445 e. The van der Waals surface area contributed by atoms with Crippen molar-refractivity contribution in [3.63, 3.8) is 0 Å². The number of nitro groups is 1. The van der Waals surface area contributed by atoms with Crippen LogP contribution in [0.3, 0.4) is 0 Å². The number of aliphatic hydroxyl groups is 1. The maximum atomic E-state index is 13.6. The third kappa shape index (κ3) is 6.55. The van der Waals surface area contributed by atoms with Crippen LogP contribution in [0.4, 0.5) is 14.6 Å². The van der Waals surface area contributed by atoms with Crippen molar-refractivity contribution < 1.29 is 23.2 Å². The fraction of sp³-hybridized carbons (Fsp3) is 0.261. The number of nitrogens with zero attached hydrogens (tertiary/aromatic N) is 5. The van der Waals surface area contributed by atoms with Crippen LogP contribution in [0.1, 0.15) is 42.7 Å². The van der Waals surface area contributed by atoms with Crippen molar-refractivity contribution in [2.45, 2.75) is 39.8 Å². The molecule has 1 aromatic carbocycles. The molecule has 9 nitrogen and oxygen atoms in total. The van der Waals surface area contributed by atoms with Gasteiger partial charge in [0.2, 0.25) is 5.82 Å². The van der Waals surface area contributed by atoms with Gasteiger partial charge in [-0.3, -0.25) is 4.68 Å². The zero-order valence-electron chi connectivity index (χ0n) is 19.1. The number of benzene rings is 1. The highest BCUT2D eigenvalue weighted by Crippen LogP contribution is 2.32. The molecular formula is C23H22BrF2N5O4. The number of aryl methyl sites for hydroxylation is 2. The summed E-state index contributed by atoms with van der Waals surface area (Å²) in [6, 6.07) is 5.33. The molecule has 0 aliphatic rings. The second-order valence-electron chi connectivity index (χ2n) is 7.51. The Labute approximate surface area is 207 Å². The lowest BCUT2D eigenvalue weighted by atomic mass is 9.98. The van der Waals surface area contributed by atoms with Crippen molar-refractivity contribution in [3.8, 4) is 11.3 Å². The van der Waals surface area contributed by atoms with Crippen LogP contribution in [0.25, 0.3) is 11.3 Å². The Bertz CT molecular complexity index is 1340. The molecule has 0 saturated carbocycles. The van der Waals surface area contributed by atoms with E-state index in [0.717, 1.165) is 18.2 Å². The first-order chi connectivity index (χ1) is 16.6. The minimum atomic E-state index is -0.940. The zero-order chi connectivity index (χ0) is 25.7. The monoisotopic (exact) mass is 549 g/mol. The maximum Gasteiger partial charge on any atom is 0.399 e. The first-order valence-electron chi connectivity index (χ1n) is 10.5. The summed E-state index contributed by atoms with van der Waals surface area (Å²) in [7, 11) is 0. The number of oxazole rings is 1. The molecule has 3 heterocycles. The molecule has 12 heteroatoms. The predicted octanol–water partition coefficient (Wildman–Crippen LogP) is 5.54. The first-order valence-corrected chi connectivity index (χ1v) is 11.3. The van der Waals surface area contributed by atoms with Crippen LogP contribution in [-0.4, -0.2) is 29.8 Å². The van der Waals surface area contributed by atoms with Gasteiger partial charge in [0.05, 0.1) is 16.8 Å². The second kappa shape index (κ2) is 11.3. The molecule has 4 rings (SSSR count). The molecule has 0 radical (unpaired) electrons. The minimum absolute atomic E-state index is 0.376. The van der Waals surface area contributed by atoms with Crippen LogP contribution in [0, 0.1) is 28.7 Å². The quantitative estimate of drug-likeness (QED) is 0.247. The van der Waals surface area contributed by atoms with E-state index in [1.807, 2.05) is 17.8 Å². The second-order valence-corrected chi connectivity index (χ2v) is 8.43. The largest absolute Gasteiger partial charge is 0.445 e. The Kier molecular flexibility index (Phi) is 8.41. The Morgan fingerprint density at radius 3 is 2.63 bits per heavy atom. The van der Waals surface area contributed by atoms with Crippen LogP contribution in [-0.2, 0) is 13.0 Å². The molecule has 35 heavy (non-hydrogen) atoms. The summed E-state index contributed by atoms with van der Waals surface area (Å²) in [5, 5.41) is 24.3. The zero-order valence-corrected chi connectivity index (χ0v) is 20.7. The highest BCUT2D eigenvalue weighted by atomic mass is 79.9. The van der Waals surface area contributed by atoms with Crippen molar-refractivity contribution in [1.29, 1.82) is 0 Å². The summed E-state index contributed by atoms with van der Waals surface area (Å²) in [5.74, 6) is -0.876. The molecule has 0 aliphatic heterocycles. The first kappa shape index (κ1) is 26.1. The summed E-state index contributed by atoms with van der Waals surface area (Å²) >= 11 is 2.92. The van der Waals surface area contributed by atoms with E-state index in [-0.39, 0.29) is 5.82 Å². The number of pyridine rings is 1. The van der Waals surface area contributed by atoms with Crippen molar-refractivity contribution in [2.75, 3.05) is 0 Å². The van der Waals surface area contributed by atoms with Gasteiger partial charge in [0.25, 0.3) is 0 Å². The van der Waals surface area contributed by atoms with Gasteiger partial charge in [0.1, 0.15) is 17.3 Å². The van der Waals surface area contributed by atoms with Crippen LogP contribution in [0.5, 0.6) is 0 Å². The molecule has 0 bridgehead atoms. The van der Waals surface area contributed by atoms with Gasteiger partial charge < -0.3 is 19.6 Å². The number of rotatable bonds is 6. The molecule has 0 saturated heterocycles. The highest BCUT2D eigenvalue weighted by Gasteiger charge is 2.20. The molecule has 4 aromatic rings. The number of hydrogen-bond donors (Lipinski definition) is 1. The summed E-state index contributed by atoms with van der Waals surface area (Å²) in [6.07, 6.45) is 4.66. The van der Waals surface area contributed by atoms with Crippen molar-refractivity contribution in [3.05, 3.63) is 91.9 Å². The Hall–Kier alpha value is -3.51. The van der Waals surface area contributed by atoms with Gasteiger partial charge in [-0.05, 0) is 69.0 Å². The van der Waals surface area contributed by atoms with E-state index in [2.05, 4.69) is 31.0 Å². The van der Waals surface area contributed by atoms with Crippen LogP contribution in [0.2, 0.25) is 0 Å². The lowest BCUT2D eigenvalue weighted by Crippen LogP contribution is -1.98. The number of aliphatic hydroxyl groups excluding tert-OH is 1.